The summed E-state index contributed by atoms with van der Waals surface area (Å²) in [4.78, 5) is 15.1. The van der Waals surface area contributed by atoms with Crippen LogP contribution in [0.4, 0.5) is 0 Å². The van der Waals surface area contributed by atoms with Crippen LogP contribution >= 0.6 is 11.8 Å². The molecule has 1 N–H and O–H groups in total. The number of methoxy groups -OCH3 is 1. The highest BCUT2D eigenvalue weighted by Crippen LogP contribution is 2.21. The van der Waals surface area contributed by atoms with Gasteiger partial charge in [-0.25, -0.2) is 4.98 Å². The van der Waals surface area contributed by atoms with Crippen LogP contribution in [-0.4, -0.2) is 33.5 Å². The zero-order chi connectivity index (χ0) is 10.6. The summed E-state index contributed by atoms with van der Waals surface area (Å²) in [6.45, 7) is 3.77. The van der Waals surface area contributed by atoms with Gasteiger partial charge in [0.25, 0.3) is 0 Å². The van der Waals surface area contributed by atoms with Crippen molar-refractivity contribution in [3.8, 4) is 0 Å². The van der Waals surface area contributed by atoms with Crippen LogP contribution in [0, 0.1) is 6.92 Å². The third kappa shape index (κ3) is 3.37. The average molecular weight is 215 g/mol. The Kier molecular flexibility index (Phi) is 3.94. The molecule has 0 bridgehead atoms. The van der Waals surface area contributed by atoms with Crippen molar-refractivity contribution in [1.29, 1.82) is 0 Å². The van der Waals surface area contributed by atoms with Gasteiger partial charge in [-0.1, -0.05) is 18.7 Å². The summed E-state index contributed by atoms with van der Waals surface area (Å²) in [5.74, 6) is 0.565. The van der Waals surface area contributed by atoms with E-state index in [1.54, 1.807) is 0 Å². The lowest BCUT2D eigenvalue weighted by molar-refractivity contribution is -0.140. The molecule has 0 aromatic carbocycles. The number of carbonyl (C=O) groups is 1. The number of aryl methyl sites for hydroxylation is 1. The second kappa shape index (κ2) is 4.99. The molecule has 0 aliphatic carbocycles. The highest BCUT2D eigenvalue weighted by Gasteiger charge is 2.12. The molecule has 1 rings (SSSR count). The maximum Gasteiger partial charge on any atom is 0.306 e. The van der Waals surface area contributed by atoms with E-state index in [0.29, 0.717) is 11.6 Å². The molecule has 0 amide bonds. The highest BCUT2D eigenvalue weighted by molar-refractivity contribution is 7.99. The SMILES string of the molecule is COC(=O)CC(C)Sc1n[nH]c(C)n1. The Labute approximate surface area is 86.6 Å². The van der Waals surface area contributed by atoms with Crippen LogP contribution in [0.3, 0.4) is 0 Å². The van der Waals surface area contributed by atoms with Crippen LogP contribution in [0.1, 0.15) is 19.2 Å². The van der Waals surface area contributed by atoms with E-state index in [2.05, 4.69) is 19.9 Å². The molecule has 1 unspecified atom stereocenters. The minimum atomic E-state index is -0.211. The number of nitrogens with one attached hydrogen (secondary N) is 1. The van der Waals surface area contributed by atoms with E-state index in [4.69, 9.17) is 0 Å². The predicted octanol–water partition coefficient (Wildman–Crippen LogP) is 1.16. The average Bonchev–Trinajstić information content (AvgIpc) is 2.50. The Bertz CT molecular complexity index is 313. The van der Waals surface area contributed by atoms with Gasteiger partial charge in [0.15, 0.2) is 0 Å². The largest absolute Gasteiger partial charge is 0.469 e. The van der Waals surface area contributed by atoms with Crippen LogP contribution in [-0.2, 0) is 9.53 Å². The van der Waals surface area contributed by atoms with Crippen LogP contribution < -0.4 is 0 Å². The summed E-state index contributed by atoms with van der Waals surface area (Å²) in [6.07, 6.45) is 0.370. The first-order valence-electron chi connectivity index (χ1n) is 4.24. The van der Waals surface area contributed by atoms with Gasteiger partial charge in [0.1, 0.15) is 5.82 Å². The molecule has 5 nitrogen and oxygen atoms in total. The quantitative estimate of drug-likeness (QED) is 0.603. The van der Waals surface area contributed by atoms with Gasteiger partial charge in [0.2, 0.25) is 5.16 Å². The predicted molar refractivity (Wildman–Crippen MR) is 53.1 cm³/mol. The lowest BCUT2D eigenvalue weighted by Gasteiger charge is -2.05. The minimum Gasteiger partial charge on any atom is -0.469 e. The number of carbonyl (C=O) groups excluding carboxylic acids is 1. The van der Waals surface area contributed by atoms with E-state index in [9.17, 15) is 4.79 Å². The molecule has 0 saturated heterocycles. The van der Waals surface area contributed by atoms with Gasteiger partial charge in [0.05, 0.1) is 13.5 Å². The van der Waals surface area contributed by atoms with E-state index >= 15 is 0 Å². The van der Waals surface area contributed by atoms with E-state index < -0.39 is 0 Å². The number of hydrogen-bond acceptors (Lipinski definition) is 5. The molecular formula is C8H13N3O2S. The molecule has 1 heterocycles. The van der Waals surface area contributed by atoms with Crippen molar-refractivity contribution in [3.05, 3.63) is 5.82 Å². The van der Waals surface area contributed by atoms with Crippen molar-refractivity contribution in [2.24, 2.45) is 0 Å². The van der Waals surface area contributed by atoms with Crippen LogP contribution in [0.5, 0.6) is 0 Å². The third-order valence-corrected chi connectivity index (χ3v) is 2.53. The summed E-state index contributed by atoms with van der Waals surface area (Å²) in [5, 5.41) is 7.50. The monoisotopic (exact) mass is 215 g/mol. The van der Waals surface area contributed by atoms with Gasteiger partial charge in [-0.05, 0) is 6.92 Å². The fourth-order valence-corrected chi connectivity index (χ4v) is 1.78. The van der Waals surface area contributed by atoms with E-state index in [-0.39, 0.29) is 11.2 Å². The second-order valence-electron chi connectivity index (χ2n) is 2.91. The standard InChI is InChI=1S/C8H13N3O2S/c1-5(4-7(12)13-3)14-8-9-6(2)10-11-8/h5H,4H2,1-3H3,(H,9,10,11). The fourth-order valence-electron chi connectivity index (χ4n) is 0.915. The van der Waals surface area contributed by atoms with Gasteiger partial charge < -0.3 is 4.74 Å². The maximum atomic E-state index is 10.9. The highest BCUT2D eigenvalue weighted by atomic mass is 32.2. The smallest absolute Gasteiger partial charge is 0.306 e. The molecule has 78 valence electrons. The summed E-state index contributed by atoms with van der Waals surface area (Å²) < 4.78 is 4.56. The fraction of sp³-hybridized carbons (Fsp3) is 0.625. The summed E-state index contributed by atoms with van der Waals surface area (Å²) in [5.41, 5.74) is 0. The number of ether oxygens (including phenoxy) is 1. The normalized spacial score (nSPS) is 12.5. The van der Waals surface area contributed by atoms with Crippen molar-refractivity contribution < 1.29 is 9.53 Å². The molecule has 1 aromatic heterocycles. The van der Waals surface area contributed by atoms with Crippen LogP contribution in [0.25, 0.3) is 0 Å². The number of aromatic nitrogens is 3. The molecule has 0 fully saturated rings. The molecule has 0 aliphatic heterocycles. The number of thioether (sulfide) groups is 1. The first-order chi connectivity index (χ1) is 6.61. The topological polar surface area (TPSA) is 67.9 Å². The minimum absolute atomic E-state index is 0.123. The van der Waals surface area contributed by atoms with Gasteiger partial charge in [0, 0.05) is 5.25 Å². The summed E-state index contributed by atoms with van der Waals surface area (Å²) in [7, 11) is 1.39. The molecule has 0 radical (unpaired) electrons. The Morgan fingerprint density at radius 2 is 2.43 bits per heavy atom. The number of nitrogens with zero attached hydrogens (tertiary/aromatic N) is 2. The second-order valence-corrected chi connectivity index (χ2v) is 4.32. The van der Waals surface area contributed by atoms with Gasteiger partial charge in [-0.2, -0.15) is 0 Å². The van der Waals surface area contributed by atoms with Crippen molar-refractivity contribution >= 4 is 17.7 Å². The Morgan fingerprint density at radius 1 is 1.71 bits per heavy atom. The van der Waals surface area contributed by atoms with Crippen molar-refractivity contribution in [2.75, 3.05) is 7.11 Å². The van der Waals surface area contributed by atoms with Gasteiger partial charge in [-0.15, -0.1) is 5.10 Å². The third-order valence-electron chi connectivity index (χ3n) is 1.57. The molecule has 1 atom stereocenters. The molecule has 0 aliphatic rings. The zero-order valence-corrected chi connectivity index (χ0v) is 9.22. The Hall–Kier alpha value is -1.04. The van der Waals surface area contributed by atoms with Gasteiger partial charge >= 0.3 is 5.97 Å². The number of H-pyrrole nitrogens is 1. The number of esters is 1. The van der Waals surface area contributed by atoms with Crippen LogP contribution in [0.2, 0.25) is 0 Å². The first kappa shape index (κ1) is 11.0. The molecule has 14 heavy (non-hydrogen) atoms. The van der Waals surface area contributed by atoms with Crippen LogP contribution in [0.15, 0.2) is 5.16 Å². The van der Waals surface area contributed by atoms with Crippen molar-refractivity contribution in [3.63, 3.8) is 0 Å². The van der Waals surface area contributed by atoms with E-state index in [1.165, 1.54) is 18.9 Å². The molecular weight excluding hydrogens is 202 g/mol. The summed E-state index contributed by atoms with van der Waals surface area (Å²) in [6, 6.07) is 0. The maximum absolute atomic E-state index is 10.9. The number of rotatable bonds is 4. The molecule has 1 aromatic rings. The number of aromatic amines is 1. The number of hydrogen-bond donors (Lipinski definition) is 1. The Morgan fingerprint density at radius 3 is 2.93 bits per heavy atom. The Balaban J connectivity index is 2.41. The lowest BCUT2D eigenvalue weighted by atomic mass is 10.3. The van der Waals surface area contributed by atoms with E-state index in [1.807, 2.05) is 13.8 Å². The molecule has 0 saturated carbocycles. The van der Waals surface area contributed by atoms with Crippen molar-refractivity contribution in [2.45, 2.75) is 30.7 Å². The van der Waals surface area contributed by atoms with E-state index in [0.717, 1.165) is 5.82 Å². The molecule has 6 heteroatoms. The van der Waals surface area contributed by atoms with Crippen molar-refractivity contribution in [1.82, 2.24) is 15.2 Å². The molecule has 0 spiro atoms. The van der Waals surface area contributed by atoms with Gasteiger partial charge in [-0.3, -0.25) is 9.89 Å². The summed E-state index contributed by atoms with van der Waals surface area (Å²) >= 11 is 1.45. The zero-order valence-electron chi connectivity index (χ0n) is 8.40. The first-order valence-corrected chi connectivity index (χ1v) is 5.12. The lowest BCUT2D eigenvalue weighted by Crippen LogP contribution is -2.08.